The normalized spacial score (nSPS) is 15.4. The Hall–Kier alpha value is -3.77. The van der Waals surface area contributed by atoms with Crippen molar-refractivity contribution in [1.82, 2.24) is 39.4 Å². The molecule has 5 heterocycles. The third-order valence-corrected chi connectivity index (χ3v) is 6.28. The molecule has 186 valence electrons. The Morgan fingerprint density at radius 3 is 2.72 bits per heavy atom. The molecular formula is C22H20Cl2F2N10. The first kappa shape index (κ1) is 23.9. The van der Waals surface area contributed by atoms with Crippen LogP contribution in [0.5, 0.6) is 0 Å². The molecule has 0 amide bonds. The zero-order chi connectivity index (χ0) is 25.6. The molecule has 0 bridgehead atoms. The number of allylic oxidation sites excluding steroid dienone is 1. The summed E-state index contributed by atoms with van der Waals surface area (Å²) in [4.78, 5) is 4.29. The number of aromatic nitrogens is 7. The van der Waals surface area contributed by atoms with E-state index in [1.807, 2.05) is 23.8 Å². The highest BCUT2D eigenvalue weighted by atomic mass is 35.5. The van der Waals surface area contributed by atoms with Crippen molar-refractivity contribution in [2.24, 2.45) is 0 Å². The third kappa shape index (κ3) is 4.01. The maximum Gasteiger partial charge on any atom is 0.404 e. The van der Waals surface area contributed by atoms with Crippen molar-refractivity contribution in [2.45, 2.75) is 25.6 Å². The summed E-state index contributed by atoms with van der Waals surface area (Å²) < 4.78 is 34.4. The van der Waals surface area contributed by atoms with E-state index in [4.69, 9.17) is 28.6 Å². The van der Waals surface area contributed by atoms with E-state index in [0.29, 0.717) is 45.0 Å². The van der Waals surface area contributed by atoms with Gasteiger partial charge in [-0.15, -0.1) is 10.2 Å². The van der Waals surface area contributed by atoms with Crippen LogP contribution in [-0.4, -0.2) is 47.4 Å². The van der Waals surface area contributed by atoms with Gasteiger partial charge in [-0.1, -0.05) is 23.2 Å². The third-order valence-electron chi connectivity index (χ3n) is 5.78. The molecule has 0 unspecified atom stereocenters. The van der Waals surface area contributed by atoms with Crippen molar-refractivity contribution in [3.63, 3.8) is 0 Å². The van der Waals surface area contributed by atoms with Gasteiger partial charge in [0.25, 0.3) is 0 Å². The van der Waals surface area contributed by atoms with Gasteiger partial charge in [-0.05, 0) is 25.1 Å². The summed E-state index contributed by atoms with van der Waals surface area (Å²) in [6.07, 6.45) is 8.30. The summed E-state index contributed by atoms with van der Waals surface area (Å²) in [5.74, 6) is 0.876. The topological polar surface area (TPSA) is 114 Å². The monoisotopic (exact) mass is 532 g/mol. The van der Waals surface area contributed by atoms with E-state index < -0.39 is 11.9 Å². The number of hydrogen-bond donors (Lipinski definition) is 3. The number of nitrogens with zero attached hydrogens (tertiary/aromatic N) is 7. The first-order valence-electron chi connectivity index (χ1n) is 10.8. The largest absolute Gasteiger partial charge is 0.404 e. The van der Waals surface area contributed by atoms with Gasteiger partial charge in [0.15, 0.2) is 5.82 Å². The highest BCUT2D eigenvalue weighted by molar-refractivity contribution is 6.33. The molecule has 1 aliphatic rings. The number of halogens is 4. The molecule has 4 aromatic rings. The first-order chi connectivity index (χ1) is 17.2. The average molecular weight is 533 g/mol. The molecule has 36 heavy (non-hydrogen) atoms. The number of fused-ring (bicyclic) bond motifs is 3. The second kappa shape index (κ2) is 9.03. The number of rotatable bonds is 7. The first-order valence-corrected chi connectivity index (χ1v) is 11.5. The van der Waals surface area contributed by atoms with Crippen LogP contribution >= 0.6 is 23.2 Å². The molecule has 14 heteroatoms. The lowest BCUT2D eigenvalue weighted by molar-refractivity contribution is -0.0610. The van der Waals surface area contributed by atoms with E-state index in [-0.39, 0.29) is 11.1 Å². The van der Waals surface area contributed by atoms with Crippen molar-refractivity contribution in [2.75, 3.05) is 12.4 Å². The summed E-state index contributed by atoms with van der Waals surface area (Å²) >= 11 is 12.3. The zero-order valence-electron chi connectivity index (χ0n) is 19.0. The van der Waals surface area contributed by atoms with Crippen LogP contribution in [0.4, 0.5) is 14.6 Å². The molecular weight excluding hydrogens is 513 g/mol. The van der Waals surface area contributed by atoms with E-state index in [1.165, 1.54) is 10.8 Å². The highest BCUT2D eigenvalue weighted by Crippen LogP contribution is 2.40. The van der Waals surface area contributed by atoms with Gasteiger partial charge in [0.1, 0.15) is 11.6 Å². The van der Waals surface area contributed by atoms with Gasteiger partial charge < -0.3 is 20.6 Å². The zero-order valence-corrected chi connectivity index (χ0v) is 20.6. The molecule has 1 atom stereocenters. The van der Waals surface area contributed by atoms with Gasteiger partial charge in [-0.3, -0.25) is 4.57 Å². The minimum Gasteiger partial charge on any atom is -0.375 e. The van der Waals surface area contributed by atoms with E-state index >= 15 is 8.78 Å². The number of hydrogen-bond acceptors (Lipinski definition) is 7. The molecule has 0 saturated heterocycles. The maximum atomic E-state index is 15.3. The Kier molecular flexibility index (Phi) is 6.00. The fourth-order valence-corrected chi connectivity index (χ4v) is 4.49. The summed E-state index contributed by atoms with van der Waals surface area (Å²) in [7, 11) is 1.72. The fraction of sp³-hybridized carbons (Fsp3) is 0.227. The van der Waals surface area contributed by atoms with Crippen molar-refractivity contribution >= 4 is 35.2 Å². The molecule has 0 aromatic carbocycles. The summed E-state index contributed by atoms with van der Waals surface area (Å²) in [6.45, 7) is 2.24. The Balaban J connectivity index is 1.55. The van der Waals surface area contributed by atoms with Gasteiger partial charge in [-0.2, -0.15) is 13.9 Å². The average Bonchev–Trinajstić information content (AvgIpc) is 3.58. The Morgan fingerprint density at radius 2 is 2.03 bits per heavy atom. The molecule has 3 N–H and O–H groups in total. The predicted octanol–water partition coefficient (Wildman–Crippen LogP) is 4.61. The molecule has 4 aromatic heterocycles. The maximum absolute atomic E-state index is 15.3. The van der Waals surface area contributed by atoms with E-state index in [9.17, 15) is 0 Å². The second-order valence-corrected chi connectivity index (χ2v) is 8.99. The summed E-state index contributed by atoms with van der Waals surface area (Å²) in [5.41, 5.74) is 2.08. The molecule has 5 rings (SSSR count). The molecule has 0 aliphatic carbocycles. The van der Waals surface area contributed by atoms with Crippen LogP contribution < -0.4 is 10.6 Å². The van der Waals surface area contributed by atoms with Crippen molar-refractivity contribution in [3.8, 4) is 22.6 Å². The lowest BCUT2D eigenvalue weighted by Crippen LogP contribution is -2.32. The van der Waals surface area contributed by atoms with Gasteiger partial charge in [0.2, 0.25) is 5.82 Å². The number of anilines is 1. The highest BCUT2D eigenvalue weighted by Gasteiger charge is 2.44. The lowest BCUT2D eigenvalue weighted by atomic mass is 10.1. The molecule has 0 saturated carbocycles. The Bertz CT molecular complexity index is 1490. The quantitative estimate of drug-likeness (QED) is 0.299. The van der Waals surface area contributed by atoms with Crippen molar-refractivity contribution < 1.29 is 8.78 Å². The van der Waals surface area contributed by atoms with Gasteiger partial charge in [0.05, 0.1) is 34.2 Å². The standard InChI is InChI=1S/C22H20Cl2F2N10/c1-12-9-34-10-13(15-6-19(29-8-16(15)24)31-18(28-2)3-4-27)5-17(34)20-32-33-21(36(12)20)22(25,26)35-11-14(23)7-30-35/h3-8,10-12,27-28H,9H2,1-2H3,(H,29,31)/b18-3+,27-4?/t12-/m0/s1. The van der Waals surface area contributed by atoms with Crippen LogP contribution in [-0.2, 0) is 12.6 Å². The van der Waals surface area contributed by atoms with Crippen LogP contribution in [0.25, 0.3) is 22.6 Å². The number of alkyl halides is 2. The molecule has 10 nitrogen and oxygen atoms in total. The Labute approximate surface area is 214 Å². The molecule has 0 fully saturated rings. The van der Waals surface area contributed by atoms with Crippen LogP contribution in [0.1, 0.15) is 18.8 Å². The SMILES string of the molecule is CN/C(=C\C=N)Nc1cc(-c2cc3n(c2)C[C@H](C)n2c-3nnc2C(F)(F)n2cc(Cl)cn2)c(Cl)cn1. The predicted molar refractivity (Wildman–Crippen MR) is 132 cm³/mol. The molecule has 0 radical (unpaired) electrons. The van der Waals surface area contributed by atoms with Crippen LogP contribution in [0.15, 0.2) is 48.8 Å². The van der Waals surface area contributed by atoms with E-state index in [2.05, 4.69) is 30.9 Å². The summed E-state index contributed by atoms with van der Waals surface area (Å²) in [5, 5.41) is 25.4. The lowest BCUT2D eigenvalue weighted by Gasteiger charge is -2.27. The van der Waals surface area contributed by atoms with Gasteiger partial charge in [-0.25, -0.2) is 9.67 Å². The minimum atomic E-state index is -3.55. The molecule has 1 aliphatic heterocycles. The molecule has 0 spiro atoms. The van der Waals surface area contributed by atoms with E-state index in [0.717, 1.165) is 24.2 Å². The Morgan fingerprint density at radius 1 is 1.22 bits per heavy atom. The number of pyridine rings is 1. The fourth-order valence-electron chi connectivity index (χ4n) is 4.15. The van der Waals surface area contributed by atoms with Crippen LogP contribution in [0.2, 0.25) is 10.0 Å². The number of nitrogens with one attached hydrogen (secondary N) is 3. The van der Waals surface area contributed by atoms with Crippen molar-refractivity contribution in [1.29, 1.82) is 5.41 Å². The second-order valence-electron chi connectivity index (χ2n) is 8.15. The van der Waals surface area contributed by atoms with Crippen LogP contribution in [0, 0.1) is 5.41 Å². The minimum absolute atomic E-state index is 0.0952. The van der Waals surface area contributed by atoms with Crippen LogP contribution in [0.3, 0.4) is 0 Å². The van der Waals surface area contributed by atoms with Crippen molar-refractivity contribution in [3.05, 3.63) is 64.7 Å². The van der Waals surface area contributed by atoms with Gasteiger partial charge >= 0.3 is 6.05 Å². The smallest absolute Gasteiger partial charge is 0.375 e. The van der Waals surface area contributed by atoms with Gasteiger partial charge in [0, 0.05) is 43.3 Å². The van der Waals surface area contributed by atoms with E-state index in [1.54, 1.807) is 19.2 Å². The summed E-state index contributed by atoms with van der Waals surface area (Å²) in [6, 6.07) is -0.303.